The maximum absolute atomic E-state index is 12.1. The van der Waals surface area contributed by atoms with Crippen LogP contribution in [0.15, 0.2) is 18.3 Å². The average Bonchev–Trinajstić information content (AvgIpc) is 2.71. The molecule has 0 unspecified atom stereocenters. The summed E-state index contributed by atoms with van der Waals surface area (Å²) in [6, 6.07) is 1.92. The molecule has 0 bridgehead atoms. The molecule has 0 aliphatic carbocycles. The molecule has 96 valence electrons. The van der Waals surface area contributed by atoms with E-state index in [4.69, 9.17) is 16.7 Å². The quantitative estimate of drug-likeness (QED) is 0.811. The number of rotatable bonds is 2. The van der Waals surface area contributed by atoms with E-state index in [1.165, 1.54) is 18.3 Å². The Kier molecular flexibility index (Phi) is 3.49. The number of hydrogen-bond donors (Lipinski definition) is 2. The first-order valence-corrected chi connectivity index (χ1v) is 5.70. The van der Waals surface area contributed by atoms with Crippen LogP contribution < -0.4 is 0 Å². The Morgan fingerprint density at radius 1 is 1.44 bits per heavy atom. The molecule has 1 amide bonds. The van der Waals surface area contributed by atoms with Gasteiger partial charge in [-0.3, -0.25) is 4.79 Å². The van der Waals surface area contributed by atoms with Crippen LogP contribution in [-0.4, -0.2) is 50.7 Å². The number of carbonyl (C=O) groups is 2. The summed E-state index contributed by atoms with van der Waals surface area (Å²) >= 11 is 5.66. The molecular formula is C11H11ClN2O4. The number of aliphatic hydroxyl groups is 1. The third-order valence-electron chi connectivity index (χ3n) is 2.77. The number of nitrogens with zero attached hydrogens (tertiary/aromatic N) is 2. The SMILES string of the molecule is O=C(O)[C@H]1C[C@@H](O)CN1C(=O)c1ccc(Cl)cn1. The maximum Gasteiger partial charge on any atom is 0.326 e. The molecule has 0 spiro atoms. The first-order valence-electron chi connectivity index (χ1n) is 5.32. The number of pyridine rings is 1. The van der Waals surface area contributed by atoms with E-state index in [1.54, 1.807) is 0 Å². The number of carbonyl (C=O) groups excluding carboxylic acids is 1. The van der Waals surface area contributed by atoms with E-state index in [0.29, 0.717) is 5.02 Å². The van der Waals surface area contributed by atoms with Gasteiger partial charge in [0, 0.05) is 19.2 Å². The highest BCUT2D eigenvalue weighted by Crippen LogP contribution is 2.20. The Morgan fingerprint density at radius 3 is 2.72 bits per heavy atom. The van der Waals surface area contributed by atoms with Crippen molar-refractivity contribution in [2.24, 2.45) is 0 Å². The van der Waals surface area contributed by atoms with Crippen molar-refractivity contribution in [1.82, 2.24) is 9.88 Å². The van der Waals surface area contributed by atoms with Crippen molar-refractivity contribution in [3.8, 4) is 0 Å². The molecule has 1 saturated heterocycles. The number of aromatic nitrogens is 1. The van der Waals surface area contributed by atoms with Gasteiger partial charge in [-0.25, -0.2) is 9.78 Å². The maximum atomic E-state index is 12.1. The summed E-state index contributed by atoms with van der Waals surface area (Å²) in [6.45, 7) is 0.000106. The Bertz CT molecular complexity index is 476. The number of β-amino-alcohol motifs (C(OH)–C–C–N with tert-alkyl or cyclic N) is 1. The number of halogens is 1. The molecule has 0 saturated carbocycles. The first kappa shape index (κ1) is 12.8. The van der Waals surface area contributed by atoms with Gasteiger partial charge in [0.1, 0.15) is 11.7 Å². The van der Waals surface area contributed by atoms with Crippen LogP contribution in [0.1, 0.15) is 16.9 Å². The van der Waals surface area contributed by atoms with E-state index in [-0.39, 0.29) is 18.7 Å². The predicted molar refractivity (Wildman–Crippen MR) is 62.3 cm³/mol. The Labute approximate surface area is 108 Å². The molecule has 2 rings (SSSR count). The van der Waals surface area contributed by atoms with E-state index in [2.05, 4.69) is 4.98 Å². The summed E-state index contributed by atoms with van der Waals surface area (Å²) in [5, 5.41) is 18.8. The lowest BCUT2D eigenvalue weighted by atomic mass is 10.2. The summed E-state index contributed by atoms with van der Waals surface area (Å²) in [5.41, 5.74) is 0.111. The second-order valence-electron chi connectivity index (χ2n) is 4.06. The van der Waals surface area contributed by atoms with Crippen LogP contribution in [0.5, 0.6) is 0 Å². The van der Waals surface area contributed by atoms with E-state index in [9.17, 15) is 14.7 Å². The van der Waals surface area contributed by atoms with Gasteiger partial charge in [-0.1, -0.05) is 11.6 Å². The normalized spacial score (nSPS) is 23.1. The molecule has 1 aliphatic heterocycles. The van der Waals surface area contributed by atoms with Crippen molar-refractivity contribution in [1.29, 1.82) is 0 Å². The van der Waals surface area contributed by atoms with Crippen molar-refractivity contribution in [2.75, 3.05) is 6.54 Å². The van der Waals surface area contributed by atoms with Crippen LogP contribution in [0, 0.1) is 0 Å². The van der Waals surface area contributed by atoms with Crippen LogP contribution in [-0.2, 0) is 4.79 Å². The summed E-state index contributed by atoms with van der Waals surface area (Å²) in [5.74, 6) is -1.65. The third kappa shape index (κ3) is 2.44. The lowest BCUT2D eigenvalue weighted by Gasteiger charge is -2.20. The monoisotopic (exact) mass is 270 g/mol. The molecule has 2 atom stereocenters. The van der Waals surface area contributed by atoms with Gasteiger partial charge in [0.05, 0.1) is 11.1 Å². The second-order valence-corrected chi connectivity index (χ2v) is 4.50. The molecule has 2 N–H and O–H groups in total. The van der Waals surface area contributed by atoms with Gasteiger partial charge >= 0.3 is 5.97 Å². The molecule has 18 heavy (non-hydrogen) atoms. The Morgan fingerprint density at radius 2 is 2.17 bits per heavy atom. The fourth-order valence-corrected chi connectivity index (χ4v) is 2.03. The number of amides is 1. The number of aliphatic hydroxyl groups excluding tert-OH is 1. The van der Waals surface area contributed by atoms with Crippen LogP contribution >= 0.6 is 11.6 Å². The lowest BCUT2D eigenvalue weighted by molar-refractivity contribution is -0.141. The highest BCUT2D eigenvalue weighted by atomic mass is 35.5. The third-order valence-corrected chi connectivity index (χ3v) is 3.00. The highest BCUT2D eigenvalue weighted by molar-refractivity contribution is 6.30. The first-order chi connectivity index (χ1) is 8.49. The number of carboxylic acid groups (broad SMARTS) is 1. The average molecular weight is 271 g/mol. The van der Waals surface area contributed by atoms with Gasteiger partial charge in [-0.05, 0) is 12.1 Å². The lowest BCUT2D eigenvalue weighted by Crippen LogP contribution is -2.40. The topological polar surface area (TPSA) is 90.7 Å². The van der Waals surface area contributed by atoms with Crippen molar-refractivity contribution < 1.29 is 19.8 Å². The van der Waals surface area contributed by atoms with Crippen molar-refractivity contribution >= 4 is 23.5 Å². The summed E-state index contributed by atoms with van der Waals surface area (Å²) in [6.07, 6.45) is 0.536. The zero-order valence-corrected chi connectivity index (χ0v) is 10.0. The van der Waals surface area contributed by atoms with Crippen molar-refractivity contribution in [3.63, 3.8) is 0 Å². The van der Waals surface area contributed by atoms with Crippen LogP contribution in [0.3, 0.4) is 0 Å². The Hall–Kier alpha value is -1.66. The molecule has 1 aromatic heterocycles. The van der Waals surface area contributed by atoms with Gasteiger partial charge < -0.3 is 15.1 Å². The highest BCUT2D eigenvalue weighted by Gasteiger charge is 2.39. The van der Waals surface area contributed by atoms with Crippen LogP contribution in [0.4, 0.5) is 0 Å². The fraction of sp³-hybridized carbons (Fsp3) is 0.364. The van der Waals surface area contributed by atoms with E-state index in [0.717, 1.165) is 4.90 Å². The molecule has 2 heterocycles. The summed E-state index contributed by atoms with van der Waals surface area (Å²) in [7, 11) is 0. The van der Waals surface area contributed by atoms with Crippen molar-refractivity contribution in [3.05, 3.63) is 29.0 Å². The molecular weight excluding hydrogens is 260 g/mol. The molecule has 1 aliphatic rings. The smallest absolute Gasteiger partial charge is 0.326 e. The van der Waals surface area contributed by atoms with Crippen LogP contribution in [0.2, 0.25) is 5.02 Å². The van der Waals surface area contributed by atoms with E-state index in [1.807, 2.05) is 0 Å². The second kappa shape index (κ2) is 4.91. The Balaban J connectivity index is 2.22. The number of carboxylic acids is 1. The molecule has 1 fully saturated rings. The van der Waals surface area contributed by atoms with Crippen LogP contribution in [0.25, 0.3) is 0 Å². The molecule has 6 nitrogen and oxygen atoms in total. The van der Waals surface area contributed by atoms with Gasteiger partial charge in [0.15, 0.2) is 0 Å². The van der Waals surface area contributed by atoms with Gasteiger partial charge in [-0.2, -0.15) is 0 Å². The van der Waals surface area contributed by atoms with Gasteiger partial charge in [0.25, 0.3) is 5.91 Å². The fourth-order valence-electron chi connectivity index (χ4n) is 1.92. The van der Waals surface area contributed by atoms with E-state index < -0.39 is 24.0 Å². The number of aliphatic carboxylic acids is 1. The minimum absolute atomic E-state index is 0.000106. The van der Waals surface area contributed by atoms with E-state index >= 15 is 0 Å². The number of likely N-dealkylation sites (tertiary alicyclic amines) is 1. The largest absolute Gasteiger partial charge is 0.480 e. The molecule has 0 radical (unpaired) electrons. The molecule has 1 aromatic rings. The minimum atomic E-state index is -1.13. The molecule has 7 heteroatoms. The molecule has 0 aromatic carbocycles. The zero-order chi connectivity index (χ0) is 13.3. The minimum Gasteiger partial charge on any atom is -0.480 e. The predicted octanol–water partition coefficient (Wildman–Crippen LogP) is 0.395. The summed E-state index contributed by atoms with van der Waals surface area (Å²) in [4.78, 5) is 28.0. The zero-order valence-electron chi connectivity index (χ0n) is 9.28. The summed E-state index contributed by atoms with van der Waals surface area (Å²) < 4.78 is 0. The standard InChI is InChI=1S/C11H11ClN2O4/c12-6-1-2-8(13-4-6)10(16)14-5-7(15)3-9(14)11(17)18/h1-2,4,7,9,15H,3,5H2,(H,17,18)/t7-,9-/m1/s1. The van der Waals surface area contributed by atoms with Crippen molar-refractivity contribution in [2.45, 2.75) is 18.6 Å². The van der Waals surface area contributed by atoms with Gasteiger partial charge in [0.2, 0.25) is 0 Å². The van der Waals surface area contributed by atoms with Gasteiger partial charge in [-0.15, -0.1) is 0 Å². The number of hydrogen-bond acceptors (Lipinski definition) is 4.